The van der Waals surface area contributed by atoms with E-state index in [1.807, 2.05) is 24.3 Å². The molecule has 1 N–H and O–H groups in total. The minimum absolute atomic E-state index is 0.0356. The third-order valence-corrected chi connectivity index (χ3v) is 3.16. The summed E-state index contributed by atoms with van der Waals surface area (Å²) in [4.78, 5) is 0. The molecule has 6 heteroatoms. The van der Waals surface area contributed by atoms with E-state index in [0.29, 0.717) is 6.42 Å². The van der Waals surface area contributed by atoms with Crippen molar-refractivity contribution in [2.75, 3.05) is 19.8 Å². The maximum atomic E-state index is 11.9. The van der Waals surface area contributed by atoms with E-state index in [2.05, 4.69) is 20.7 Å². The molecule has 0 spiro atoms. The van der Waals surface area contributed by atoms with Crippen LogP contribution >= 0.6 is 15.9 Å². The van der Waals surface area contributed by atoms with Crippen LogP contribution in [0.4, 0.5) is 13.2 Å². The molecule has 102 valence electrons. The van der Waals surface area contributed by atoms with Crippen LogP contribution in [-0.4, -0.2) is 31.1 Å². The zero-order chi connectivity index (χ0) is 13.6. The van der Waals surface area contributed by atoms with Gasteiger partial charge in [-0.25, -0.2) is 0 Å². The first-order valence-electron chi connectivity index (χ1n) is 5.44. The van der Waals surface area contributed by atoms with Crippen LogP contribution in [0.2, 0.25) is 0 Å². The highest BCUT2D eigenvalue weighted by molar-refractivity contribution is 9.10. The molecule has 1 rings (SSSR count). The van der Waals surface area contributed by atoms with E-state index < -0.39 is 12.8 Å². The summed E-state index contributed by atoms with van der Waals surface area (Å²) < 4.78 is 41.0. The zero-order valence-corrected chi connectivity index (χ0v) is 11.2. The van der Waals surface area contributed by atoms with Gasteiger partial charge in [0.05, 0.1) is 6.61 Å². The van der Waals surface area contributed by atoms with E-state index in [9.17, 15) is 18.3 Å². The first-order valence-corrected chi connectivity index (χ1v) is 6.23. The van der Waals surface area contributed by atoms with Gasteiger partial charge in [-0.3, -0.25) is 0 Å². The molecule has 1 aromatic carbocycles. The largest absolute Gasteiger partial charge is 0.411 e. The summed E-state index contributed by atoms with van der Waals surface area (Å²) >= 11 is 3.35. The van der Waals surface area contributed by atoms with Gasteiger partial charge >= 0.3 is 6.18 Å². The van der Waals surface area contributed by atoms with E-state index in [1.54, 1.807) is 0 Å². The Morgan fingerprint density at radius 2 is 1.94 bits per heavy atom. The van der Waals surface area contributed by atoms with Crippen LogP contribution in [0.5, 0.6) is 0 Å². The maximum Gasteiger partial charge on any atom is 0.411 e. The van der Waals surface area contributed by atoms with Crippen molar-refractivity contribution in [3.05, 3.63) is 34.3 Å². The molecule has 0 heterocycles. The van der Waals surface area contributed by atoms with Gasteiger partial charge in [0.1, 0.15) is 6.61 Å². The van der Waals surface area contributed by atoms with Gasteiger partial charge in [-0.2, -0.15) is 13.2 Å². The lowest BCUT2D eigenvalue weighted by Crippen LogP contribution is -2.18. The van der Waals surface area contributed by atoms with Crippen molar-refractivity contribution in [3.8, 4) is 0 Å². The van der Waals surface area contributed by atoms with Crippen LogP contribution < -0.4 is 0 Å². The summed E-state index contributed by atoms with van der Waals surface area (Å²) in [5, 5.41) is 9.26. The summed E-state index contributed by atoms with van der Waals surface area (Å²) in [6.45, 7) is -1.41. The number of benzene rings is 1. The van der Waals surface area contributed by atoms with Crippen molar-refractivity contribution >= 4 is 15.9 Å². The number of alkyl halides is 3. The Kier molecular flexibility index (Phi) is 6.11. The van der Waals surface area contributed by atoms with E-state index in [0.717, 1.165) is 10.0 Å². The number of aliphatic hydroxyl groups excluding tert-OH is 1. The van der Waals surface area contributed by atoms with Gasteiger partial charge in [-0.05, 0) is 18.1 Å². The van der Waals surface area contributed by atoms with Crippen LogP contribution in [0.1, 0.15) is 17.9 Å². The summed E-state index contributed by atoms with van der Waals surface area (Å²) in [7, 11) is 0. The zero-order valence-electron chi connectivity index (χ0n) is 9.58. The third-order valence-electron chi connectivity index (χ3n) is 2.44. The molecule has 0 aromatic heterocycles. The molecule has 0 aliphatic rings. The van der Waals surface area contributed by atoms with Gasteiger partial charge in [0.2, 0.25) is 0 Å². The molecule has 2 nitrogen and oxygen atoms in total. The normalized spacial score (nSPS) is 13.6. The lowest BCUT2D eigenvalue weighted by molar-refractivity contribution is -0.174. The van der Waals surface area contributed by atoms with Gasteiger partial charge in [0.25, 0.3) is 0 Å². The molecule has 0 saturated heterocycles. The monoisotopic (exact) mass is 326 g/mol. The van der Waals surface area contributed by atoms with Crippen LogP contribution in [0.15, 0.2) is 28.7 Å². The van der Waals surface area contributed by atoms with Gasteiger partial charge in [-0.1, -0.05) is 34.1 Å². The SMILES string of the molecule is OCC(CCOCC(F)(F)F)c1ccccc1Br. The molecule has 1 atom stereocenters. The molecule has 0 aliphatic carbocycles. The molecular formula is C12H14BrF3O2. The summed E-state index contributed by atoms with van der Waals surface area (Å²) in [5.74, 6) is -0.228. The van der Waals surface area contributed by atoms with E-state index in [1.165, 1.54) is 0 Å². The Morgan fingerprint density at radius 1 is 1.28 bits per heavy atom. The van der Waals surface area contributed by atoms with Gasteiger partial charge in [-0.15, -0.1) is 0 Å². The summed E-state index contributed by atoms with van der Waals surface area (Å²) in [6.07, 6.45) is -3.96. The Balaban J connectivity index is 2.46. The first-order chi connectivity index (χ1) is 8.44. The highest BCUT2D eigenvalue weighted by Crippen LogP contribution is 2.27. The smallest absolute Gasteiger partial charge is 0.396 e. The van der Waals surface area contributed by atoms with Crippen LogP contribution in [0, 0.1) is 0 Å². The fourth-order valence-electron chi connectivity index (χ4n) is 1.56. The third kappa shape index (κ3) is 5.37. The molecule has 0 radical (unpaired) electrons. The Morgan fingerprint density at radius 3 is 2.50 bits per heavy atom. The van der Waals surface area contributed by atoms with Crippen LogP contribution in [0.25, 0.3) is 0 Å². The number of halogens is 4. The molecule has 1 aromatic rings. The lowest BCUT2D eigenvalue weighted by Gasteiger charge is -2.16. The predicted octanol–water partition coefficient (Wildman–Crippen LogP) is 3.49. The maximum absolute atomic E-state index is 11.9. The van der Waals surface area contributed by atoms with E-state index >= 15 is 0 Å². The highest BCUT2D eigenvalue weighted by Gasteiger charge is 2.27. The van der Waals surface area contributed by atoms with Crippen LogP contribution in [0.3, 0.4) is 0 Å². The number of rotatable bonds is 6. The average molecular weight is 327 g/mol. The first kappa shape index (κ1) is 15.5. The standard InChI is InChI=1S/C12H14BrF3O2/c13-11-4-2-1-3-10(11)9(7-17)5-6-18-8-12(14,15)16/h1-4,9,17H,5-8H2. The fraction of sp³-hybridized carbons (Fsp3) is 0.500. The molecule has 18 heavy (non-hydrogen) atoms. The molecule has 0 aliphatic heterocycles. The predicted molar refractivity (Wildman–Crippen MR) is 65.5 cm³/mol. The van der Waals surface area contributed by atoms with Crippen molar-refractivity contribution < 1.29 is 23.0 Å². The topological polar surface area (TPSA) is 29.5 Å². The molecule has 1 unspecified atom stereocenters. The average Bonchev–Trinajstić information content (AvgIpc) is 2.29. The fourth-order valence-corrected chi connectivity index (χ4v) is 2.17. The summed E-state index contributed by atoms with van der Waals surface area (Å²) in [5.41, 5.74) is 0.871. The van der Waals surface area contributed by atoms with Gasteiger partial charge in [0, 0.05) is 17.0 Å². The van der Waals surface area contributed by atoms with E-state index in [-0.39, 0.29) is 19.1 Å². The lowest BCUT2D eigenvalue weighted by atomic mass is 9.97. The molecular weight excluding hydrogens is 313 g/mol. The second kappa shape index (κ2) is 7.11. The number of hydrogen-bond acceptors (Lipinski definition) is 2. The quantitative estimate of drug-likeness (QED) is 0.811. The molecule has 0 fully saturated rings. The summed E-state index contributed by atoms with van der Waals surface area (Å²) in [6, 6.07) is 7.31. The second-order valence-corrected chi connectivity index (χ2v) is 4.71. The minimum Gasteiger partial charge on any atom is -0.396 e. The minimum atomic E-state index is -4.30. The van der Waals surface area contributed by atoms with Gasteiger partial charge < -0.3 is 9.84 Å². The van der Waals surface area contributed by atoms with Gasteiger partial charge in [0.15, 0.2) is 0 Å². The van der Waals surface area contributed by atoms with Crippen molar-refractivity contribution in [2.45, 2.75) is 18.5 Å². The Labute approximate surface area is 112 Å². The Bertz CT molecular complexity index is 369. The Hall–Kier alpha value is -0.590. The number of hydrogen-bond donors (Lipinski definition) is 1. The number of ether oxygens (including phenoxy) is 1. The van der Waals surface area contributed by atoms with Crippen LogP contribution in [-0.2, 0) is 4.74 Å². The van der Waals surface area contributed by atoms with Crippen molar-refractivity contribution in [3.63, 3.8) is 0 Å². The van der Waals surface area contributed by atoms with Crippen molar-refractivity contribution in [1.29, 1.82) is 0 Å². The highest BCUT2D eigenvalue weighted by atomic mass is 79.9. The molecule has 0 bridgehead atoms. The molecule has 0 saturated carbocycles. The van der Waals surface area contributed by atoms with Crippen molar-refractivity contribution in [1.82, 2.24) is 0 Å². The molecule has 0 amide bonds. The van der Waals surface area contributed by atoms with Crippen molar-refractivity contribution in [2.24, 2.45) is 0 Å². The van der Waals surface area contributed by atoms with E-state index in [4.69, 9.17) is 0 Å². The number of aliphatic hydroxyl groups is 1. The second-order valence-electron chi connectivity index (χ2n) is 3.86.